The molecule has 0 unspecified atom stereocenters. The number of nitrogens with zero attached hydrogens (tertiary/aromatic N) is 3. The number of hydrogen-bond donors (Lipinski definition) is 0. The summed E-state index contributed by atoms with van der Waals surface area (Å²) in [5.41, 5.74) is -0.240. The molecule has 7 heteroatoms. The number of thiophene rings is 1. The van der Waals surface area contributed by atoms with E-state index in [1.165, 1.54) is 0 Å². The van der Waals surface area contributed by atoms with Gasteiger partial charge in [0.05, 0.1) is 4.70 Å². The lowest BCUT2D eigenvalue weighted by atomic mass is 10.2. The molecule has 0 atom stereocenters. The molecule has 90 valence electrons. The summed E-state index contributed by atoms with van der Waals surface area (Å²) in [5.74, 6) is 0. The first kappa shape index (κ1) is 11.9. The number of alkyl halides is 3. The van der Waals surface area contributed by atoms with Gasteiger partial charge in [-0.2, -0.15) is 23.5 Å². The number of hydrogen-bond acceptors (Lipinski definition) is 3. The van der Waals surface area contributed by atoms with Crippen LogP contribution in [0.2, 0.25) is 0 Å². The maximum absolute atomic E-state index is 12.6. The minimum Gasteiger partial charge on any atom is -0.268 e. The highest BCUT2D eigenvalue weighted by Gasteiger charge is 2.37. The van der Waals surface area contributed by atoms with Crippen LogP contribution in [0.4, 0.5) is 13.2 Å². The van der Waals surface area contributed by atoms with E-state index < -0.39 is 11.1 Å². The SMILES string of the molecule is CC(C)n1cc2sc(C(F)(F)F)c(C#N)c2n1. The first-order chi connectivity index (χ1) is 7.84. The van der Waals surface area contributed by atoms with Crippen LogP contribution in [-0.4, -0.2) is 9.78 Å². The molecule has 0 fully saturated rings. The van der Waals surface area contributed by atoms with Crippen molar-refractivity contribution in [3.05, 3.63) is 16.6 Å². The lowest BCUT2D eigenvalue weighted by molar-refractivity contribution is -0.134. The van der Waals surface area contributed by atoms with Crippen molar-refractivity contribution in [2.75, 3.05) is 0 Å². The largest absolute Gasteiger partial charge is 0.426 e. The van der Waals surface area contributed by atoms with Crippen LogP contribution in [0.15, 0.2) is 6.20 Å². The number of halogens is 3. The summed E-state index contributed by atoms with van der Waals surface area (Å²) >= 11 is 0.563. The highest BCUT2D eigenvalue weighted by atomic mass is 32.1. The van der Waals surface area contributed by atoms with Gasteiger partial charge in [-0.3, -0.25) is 4.68 Å². The van der Waals surface area contributed by atoms with Crippen molar-refractivity contribution in [2.45, 2.75) is 26.1 Å². The van der Waals surface area contributed by atoms with Gasteiger partial charge in [0.2, 0.25) is 0 Å². The molecule has 17 heavy (non-hydrogen) atoms. The molecule has 3 nitrogen and oxygen atoms in total. The van der Waals surface area contributed by atoms with Crippen LogP contribution in [0.25, 0.3) is 10.2 Å². The molecular weight excluding hydrogens is 251 g/mol. The van der Waals surface area contributed by atoms with Gasteiger partial charge in [0, 0.05) is 12.2 Å². The zero-order chi connectivity index (χ0) is 12.8. The summed E-state index contributed by atoms with van der Waals surface area (Å²) in [7, 11) is 0. The fourth-order valence-electron chi connectivity index (χ4n) is 1.46. The Morgan fingerprint density at radius 2 is 2.12 bits per heavy atom. The second kappa shape index (κ2) is 3.74. The monoisotopic (exact) mass is 259 g/mol. The third-order valence-electron chi connectivity index (χ3n) is 2.27. The molecule has 2 heterocycles. The maximum atomic E-state index is 12.6. The molecule has 0 aromatic carbocycles. The summed E-state index contributed by atoms with van der Waals surface area (Å²) in [4.78, 5) is -0.867. The van der Waals surface area contributed by atoms with Crippen molar-refractivity contribution >= 4 is 21.6 Å². The lowest BCUT2D eigenvalue weighted by Crippen LogP contribution is -2.05. The van der Waals surface area contributed by atoms with Gasteiger partial charge >= 0.3 is 6.18 Å². The standard InChI is InChI=1S/C10H8F3N3S/c1-5(2)16-4-7-8(15-16)6(3-14)9(17-7)10(11,12)13/h4-5H,1-2H3. The molecule has 2 aromatic heterocycles. The van der Waals surface area contributed by atoms with E-state index in [-0.39, 0.29) is 17.1 Å². The van der Waals surface area contributed by atoms with Crippen LogP contribution in [-0.2, 0) is 6.18 Å². The highest BCUT2D eigenvalue weighted by Crippen LogP contribution is 2.41. The van der Waals surface area contributed by atoms with E-state index in [0.29, 0.717) is 16.0 Å². The van der Waals surface area contributed by atoms with E-state index in [1.54, 1.807) is 16.9 Å². The Hall–Kier alpha value is -1.55. The van der Waals surface area contributed by atoms with Gasteiger partial charge in [-0.1, -0.05) is 0 Å². The van der Waals surface area contributed by atoms with E-state index >= 15 is 0 Å². The predicted octanol–water partition coefficient (Wildman–Crippen LogP) is 3.57. The van der Waals surface area contributed by atoms with E-state index in [9.17, 15) is 13.2 Å². The van der Waals surface area contributed by atoms with E-state index in [4.69, 9.17) is 5.26 Å². The van der Waals surface area contributed by atoms with Crippen molar-refractivity contribution < 1.29 is 13.2 Å². The van der Waals surface area contributed by atoms with Crippen LogP contribution < -0.4 is 0 Å². The normalized spacial score (nSPS) is 12.3. The number of rotatable bonds is 1. The third kappa shape index (κ3) is 1.89. The molecule has 0 aliphatic rings. The average molecular weight is 259 g/mol. The van der Waals surface area contributed by atoms with Gasteiger partial charge in [-0.25, -0.2) is 0 Å². The summed E-state index contributed by atoms with van der Waals surface area (Å²) < 4.78 is 39.9. The zero-order valence-electron chi connectivity index (χ0n) is 9.04. The van der Waals surface area contributed by atoms with E-state index in [0.717, 1.165) is 0 Å². The van der Waals surface area contributed by atoms with Gasteiger partial charge < -0.3 is 0 Å². The quantitative estimate of drug-likeness (QED) is 0.785. The number of fused-ring (bicyclic) bond motifs is 1. The smallest absolute Gasteiger partial charge is 0.268 e. The van der Waals surface area contributed by atoms with Crippen molar-refractivity contribution in [3.8, 4) is 6.07 Å². The fourth-order valence-corrected chi connectivity index (χ4v) is 2.44. The molecule has 0 radical (unpaired) electrons. The minimum absolute atomic E-state index is 0.0514. The molecular formula is C10H8F3N3S. The summed E-state index contributed by atoms with van der Waals surface area (Å²) in [6.45, 7) is 3.74. The van der Waals surface area contributed by atoms with Crippen LogP contribution in [0, 0.1) is 11.3 Å². The molecule has 0 saturated heterocycles. The molecule has 0 spiro atoms. The molecule has 2 aromatic rings. The van der Waals surface area contributed by atoms with E-state index in [2.05, 4.69) is 5.10 Å². The average Bonchev–Trinajstić information content (AvgIpc) is 2.71. The van der Waals surface area contributed by atoms with Crippen molar-refractivity contribution in [3.63, 3.8) is 0 Å². The topological polar surface area (TPSA) is 41.6 Å². The third-order valence-corrected chi connectivity index (χ3v) is 3.43. The first-order valence-electron chi connectivity index (χ1n) is 4.83. The molecule has 0 amide bonds. The van der Waals surface area contributed by atoms with Crippen LogP contribution in [0.1, 0.15) is 30.3 Å². The Labute approximate surface area is 99.1 Å². The lowest BCUT2D eigenvalue weighted by Gasteiger charge is -2.04. The maximum Gasteiger partial charge on any atom is 0.426 e. The van der Waals surface area contributed by atoms with Crippen LogP contribution >= 0.6 is 11.3 Å². The molecule has 0 aliphatic carbocycles. The molecule has 0 bridgehead atoms. The van der Waals surface area contributed by atoms with Crippen LogP contribution in [0.3, 0.4) is 0 Å². The van der Waals surface area contributed by atoms with Crippen molar-refractivity contribution in [1.29, 1.82) is 5.26 Å². The molecule has 2 rings (SSSR count). The van der Waals surface area contributed by atoms with Crippen molar-refractivity contribution in [2.24, 2.45) is 0 Å². The van der Waals surface area contributed by atoms with Gasteiger partial charge in [0.1, 0.15) is 22.0 Å². The zero-order valence-corrected chi connectivity index (χ0v) is 9.85. The van der Waals surface area contributed by atoms with E-state index in [1.807, 2.05) is 13.8 Å². The van der Waals surface area contributed by atoms with Gasteiger partial charge in [-0.05, 0) is 13.8 Å². The van der Waals surface area contributed by atoms with Gasteiger partial charge in [0.25, 0.3) is 0 Å². The molecule has 0 aliphatic heterocycles. The van der Waals surface area contributed by atoms with Crippen molar-refractivity contribution in [1.82, 2.24) is 9.78 Å². The second-order valence-electron chi connectivity index (χ2n) is 3.83. The summed E-state index contributed by atoms with van der Waals surface area (Å²) in [5, 5.41) is 12.8. The number of nitriles is 1. The van der Waals surface area contributed by atoms with Gasteiger partial charge in [-0.15, -0.1) is 11.3 Å². The molecule has 0 saturated carbocycles. The predicted molar refractivity (Wildman–Crippen MR) is 57.7 cm³/mol. The second-order valence-corrected chi connectivity index (χ2v) is 4.88. The Bertz CT molecular complexity index is 601. The Kier molecular flexibility index (Phi) is 2.62. The summed E-state index contributed by atoms with van der Waals surface area (Å²) in [6.07, 6.45) is -2.95. The number of aromatic nitrogens is 2. The Morgan fingerprint density at radius 3 is 2.59 bits per heavy atom. The Balaban J connectivity index is 2.69. The fraction of sp³-hybridized carbons (Fsp3) is 0.400. The highest BCUT2D eigenvalue weighted by molar-refractivity contribution is 7.19. The summed E-state index contributed by atoms with van der Waals surface area (Å²) in [6, 6.07) is 1.64. The van der Waals surface area contributed by atoms with Gasteiger partial charge in [0.15, 0.2) is 0 Å². The Morgan fingerprint density at radius 1 is 1.47 bits per heavy atom. The molecule has 0 N–H and O–H groups in total. The minimum atomic E-state index is -4.49. The first-order valence-corrected chi connectivity index (χ1v) is 5.65. The van der Waals surface area contributed by atoms with Crippen LogP contribution in [0.5, 0.6) is 0 Å².